The summed E-state index contributed by atoms with van der Waals surface area (Å²) in [6, 6.07) is 48.7. The van der Waals surface area contributed by atoms with Crippen LogP contribution in [0.25, 0.3) is 0 Å². The molecule has 0 N–H and O–H groups in total. The van der Waals surface area contributed by atoms with Crippen LogP contribution in [0, 0.1) is 10.1 Å². The van der Waals surface area contributed by atoms with E-state index in [1.54, 1.807) is 18.2 Å². The first kappa shape index (κ1) is 24.8. The maximum absolute atomic E-state index is 12.0. The number of nitro benzene ring substituents is 1. The molecule has 0 fully saturated rings. The van der Waals surface area contributed by atoms with Gasteiger partial charge in [-0.05, 0) is 35.2 Å². The zero-order valence-electron chi connectivity index (χ0n) is 20.2. The normalized spacial score (nSPS) is 11.3. The van der Waals surface area contributed by atoms with Crippen molar-refractivity contribution in [1.29, 1.82) is 0 Å². The van der Waals surface area contributed by atoms with Crippen LogP contribution in [0.3, 0.4) is 0 Å². The molecule has 5 aromatic carbocycles. The molecule has 5 rings (SSSR count). The summed E-state index contributed by atoms with van der Waals surface area (Å²) in [4.78, 5) is 11.7. The van der Waals surface area contributed by atoms with Gasteiger partial charge in [-0.1, -0.05) is 133 Å². The van der Waals surface area contributed by atoms with E-state index >= 15 is 0 Å². The van der Waals surface area contributed by atoms with Gasteiger partial charge in [-0.15, -0.1) is 0 Å². The average Bonchev–Trinajstić information content (AvgIpc) is 2.97. The Kier molecular flexibility index (Phi) is 7.70. The van der Waals surface area contributed by atoms with E-state index in [1.165, 1.54) is 10.6 Å². The van der Waals surface area contributed by atoms with Crippen molar-refractivity contribution < 1.29 is 4.92 Å². The van der Waals surface area contributed by atoms with Crippen LogP contribution in [0.5, 0.6) is 0 Å². The van der Waals surface area contributed by atoms with E-state index in [-0.39, 0.29) is 10.6 Å². The summed E-state index contributed by atoms with van der Waals surface area (Å²) in [6.07, 6.45) is 0. The summed E-state index contributed by atoms with van der Waals surface area (Å²) >= 11 is 0. The third kappa shape index (κ3) is 5.47. The fourth-order valence-electron chi connectivity index (χ4n) is 4.43. The van der Waals surface area contributed by atoms with Gasteiger partial charge < -0.3 is 0 Å². The minimum Gasteiger partial charge on any atom is -0.258 e. The molecule has 0 saturated carbocycles. The van der Waals surface area contributed by atoms with E-state index in [0.717, 1.165) is 16.5 Å². The molecule has 0 spiro atoms. The van der Waals surface area contributed by atoms with Crippen molar-refractivity contribution in [3.05, 3.63) is 156 Å². The molecule has 0 heterocycles. The maximum Gasteiger partial charge on any atom is 0.294 e. The third-order valence-electron chi connectivity index (χ3n) is 6.21. The first-order valence-corrected chi connectivity index (χ1v) is 15.5. The van der Waals surface area contributed by atoms with Gasteiger partial charge >= 0.3 is 0 Å². The van der Waals surface area contributed by atoms with Gasteiger partial charge in [0.05, 0.1) is 4.92 Å². The lowest BCUT2D eigenvalue weighted by Gasteiger charge is -2.31. The molecule has 0 aliphatic carbocycles. The van der Waals surface area contributed by atoms with Crippen LogP contribution >= 0.6 is 15.0 Å². The van der Waals surface area contributed by atoms with Crippen molar-refractivity contribution >= 4 is 47.6 Å². The Hall–Kier alpha value is -3.84. The lowest BCUT2D eigenvalue weighted by molar-refractivity contribution is -0.384. The lowest BCUT2D eigenvalue weighted by Crippen LogP contribution is -2.23. The number of rotatable bonds is 8. The van der Waals surface area contributed by atoms with Gasteiger partial charge in [0, 0.05) is 19.0 Å². The van der Waals surface area contributed by atoms with Crippen molar-refractivity contribution in [2.75, 3.05) is 5.90 Å². The molecule has 0 aromatic heterocycles. The maximum atomic E-state index is 12.0. The number of hydrogen-bond acceptors (Lipinski definition) is 3. The molecule has 37 heavy (non-hydrogen) atoms. The second-order valence-electron chi connectivity index (χ2n) is 8.53. The molecule has 0 amide bonds. The Labute approximate surface area is 218 Å². The molecule has 0 bridgehead atoms. The highest BCUT2D eigenvalue weighted by Crippen LogP contribution is 2.59. The molecular weight excluding hydrogens is 494 g/mol. The first-order valence-electron chi connectivity index (χ1n) is 12.0. The first-order chi connectivity index (χ1) is 18.2. The van der Waals surface area contributed by atoms with Crippen LogP contribution < -0.4 is 21.2 Å². The van der Waals surface area contributed by atoms with Crippen LogP contribution in [0.4, 0.5) is 11.4 Å². The van der Waals surface area contributed by atoms with E-state index in [9.17, 15) is 10.1 Å². The van der Waals surface area contributed by atoms with Gasteiger partial charge in [0.15, 0.2) is 0 Å². The highest BCUT2D eigenvalue weighted by atomic mass is 31.2. The van der Waals surface area contributed by atoms with E-state index in [1.807, 2.05) is 54.6 Å². The van der Waals surface area contributed by atoms with Gasteiger partial charge in [-0.2, -0.15) is 0 Å². The van der Waals surface area contributed by atoms with Gasteiger partial charge in [0.2, 0.25) is 0 Å². The Morgan fingerprint density at radius 1 is 0.595 bits per heavy atom. The molecule has 0 unspecified atom stereocenters. The summed E-state index contributed by atoms with van der Waals surface area (Å²) in [5.41, 5.74) is 0.451. The summed E-state index contributed by atoms with van der Waals surface area (Å²) in [6.45, 7) is 0. The predicted octanol–water partition coefficient (Wildman–Crippen LogP) is 7.17. The lowest BCUT2D eigenvalue weighted by atomic mass is 10.3. The zero-order valence-corrected chi connectivity index (χ0v) is 22.0. The zero-order chi connectivity index (χ0) is 25.5. The van der Waals surface area contributed by atoms with E-state index in [2.05, 4.69) is 72.8 Å². The van der Waals surface area contributed by atoms with Gasteiger partial charge in [-0.25, -0.2) is 0 Å². The Morgan fingerprint density at radius 3 is 1.46 bits per heavy atom. The van der Waals surface area contributed by atoms with Crippen molar-refractivity contribution in [2.24, 2.45) is 4.74 Å². The SMILES string of the molecule is O=[N+]([O-])c1ccccc1N=P(CP(c1ccccc1)c1ccccc1)(c1ccccc1)c1ccccc1. The molecule has 5 aromatic rings. The van der Waals surface area contributed by atoms with Gasteiger partial charge in [0.25, 0.3) is 5.69 Å². The van der Waals surface area contributed by atoms with Crippen molar-refractivity contribution in [1.82, 2.24) is 0 Å². The number of hydrogen-bond donors (Lipinski definition) is 0. The van der Waals surface area contributed by atoms with Crippen LogP contribution in [-0.4, -0.2) is 10.8 Å². The Balaban J connectivity index is 1.84. The number of nitro groups is 1. The van der Waals surface area contributed by atoms with E-state index in [0.29, 0.717) is 5.69 Å². The van der Waals surface area contributed by atoms with Crippen LogP contribution in [-0.2, 0) is 0 Å². The summed E-state index contributed by atoms with van der Waals surface area (Å²) < 4.78 is 5.43. The molecule has 0 saturated heterocycles. The quantitative estimate of drug-likeness (QED) is 0.124. The van der Waals surface area contributed by atoms with Crippen LogP contribution in [0.1, 0.15) is 0 Å². The molecule has 182 valence electrons. The topological polar surface area (TPSA) is 55.5 Å². The summed E-state index contributed by atoms with van der Waals surface area (Å²) in [5.74, 6) is 0.760. The highest BCUT2D eigenvalue weighted by molar-refractivity contribution is 7.92. The number of nitrogens with zero attached hydrogens (tertiary/aromatic N) is 2. The van der Waals surface area contributed by atoms with Crippen molar-refractivity contribution in [3.63, 3.8) is 0 Å². The van der Waals surface area contributed by atoms with Crippen LogP contribution in [0.15, 0.2) is 150 Å². The fraction of sp³-hybridized carbons (Fsp3) is 0.0323. The minimum absolute atomic E-state index is 0.0301. The molecule has 4 nitrogen and oxygen atoms in total. The van der Waals surface area contributed by atoms with E-state index in [4.69, 9.17) is 4.74 Å². The van der Waals surface area contributed by atoms with Crippen molar-refractivity contribution in [3.8, 4) is 0 Å². The molecule has 0 atom stereocenters. The fourth-order valence-corrected chi connectivity index (χ4v) is 12.7. The smallest absolute Gasteiger partial charge is 0.258 e. The summed E-state index contributed by atoms with van der Waals surface area (Å²) in [7, 11) is -3.35. The molecular formula is C31H26N2O2P2. The minimum atomic E-state index is -2.53. The van der Waals surface area contributed by atoms with Gasteiger partial charge in [-0.3, -0.25) is 14.9 Å². The third-order valence-corrected chi connectivity index (χ3v) is 13.7. The number of para-hydroxylation sites is 1. The average molecular weight is 521 g/mol. The predicted molar refractivity (Wildman–Crippen MR) is 158 cm³/mol. The molecule has 0 aliphatic heterocycles. The van der Waals surface area contributed by atoms with E-state index < -0.39 is 15.0 Å². The molecule has 6 heteroatoms. The second kappa shape index (κ2) is 11.5. The monoisotopic (exact) mass is 520 g/mol. The Morgan fingerprint density at radius 2 is 1.00 bits per heavy atom. The standard InChI is InChI=1S/C31H26N2O2P2/c34-33(35)31-24-14-13-23-30(31)32-37(28-19-9-3-10-20-28,29-21-11-4-12-22-29)25-36(26-15-5-1-6-16-26)27-17-7-2-8-18-27/h1-24H,25H2. The largest absolute Gasteiger partial charge is 0.294 e. The number of benzene rings is 5. The van der Waals surface area contributed by atoms with Crippen molar-refractivity contribution in [2.45, 2.75) is 0 Å². The Bertz CT molecular complexity index is 1440. The summed E-state index contributed by atoms with van der Waals surface area (Å²) in [5, 5.41) is 16.8. The van der Waals surface area contributed by atoms with Crippen LogP contribution in [0.2, 0.25) is 0 Å². The van der Waals surface area contributed by atoms with Gasteiger partial charge in [0.1, 0.15) is 5.69 Å². The molecule has 0 aliphatic rings. The molecule has 0 radical (unpaired) electrons. The highest BCUT2D eigenvalue weighted by Gasteiger charge is 2.31. The second-order valence-corrected chi connectivity index (χ2v) is 14.3.